The molecule has 0 radical (unpaired) electrons. The van der Waals surface area contributed by atoms with Crippen LogP contribution < -0.4 is 29.9 Å². The summed E-state index contributed by atoms with van der Waals surface area (Å²) in [5.74, 6) is 0.194. The predicted molar refractivity (Wildman–Crippen MR) is 220 cm³/mol. The highest BCUT2D eigenvalue weighted by molar-refractivity contribution is 7.16. The zero-order valence-corrected chi connectivity index (χ0v) is 33.2. The first-order valence-electron chi connectivity index (χ1n) is 19.0. The van der Waals surface area contributed by atoms with Gasteiger partial charge in [-0.3, -0.25) is 9.59 Å². The Morgan fingerprint density at radius 3 is 1.89 bits per heavy atom. The molecule has 1 saturated carbocycles. The summed E-state index contributed by atoms with van der Waals surface area (Å²) in [6.07, 6.45) is -3.39. The summed E-state index contributed by atoms with van der Waals surface area (Å²) in [4.78, 5) is 45.6. The summed E-state index contributed by atoms with van der Waals surface area (Å²) in [5, 5.41) is 30.3. The van der Waals surface area contributed by atoms with E-state index in [0.717, 1.165) is 44.0 Å². The highest BCUT2D eigenvalue weighted by Gasteiger charge is 2.55. The number of hydrogen-bond donors (Lipinski definition) is 4. The number of fused-ring (bicyclic) bond motifs is 7. The van der Waals surface area contributed by atoms with Gasteiger partial charge >= 0.3 is 6.09 Å². The summed E-state index contributed by atoms with van der Waals surface area (Å²) in [6, 6.07) is 22.1. The van der Waals surface area contributed by atoms with E-state index >= 15 is 0 Å². The number of rotatable bonds is 10. The van der Waals surface area contributed by atoms with Crippen molar-refractivity contribution in [3.05, 3.63) is 93.7 Å². The van der Waals surface area contributed by atoms with Crippen LogP contribution in [0.4, 0.5) is 16.2 Å². The van der Waals surface area contributed by atoms with Crippen LogP contribution in [-0.4, -0.2) is 97.7 Å². The van der Waals surface area contributed by atoms with Gasteiger partial charge in [0, 0.05) is 78.6 Å². The molecule has 1 saturated heterocycles. The fourth-order valence-corrected chi connectivity index (χ4v) is 9.91. The van der Waals surface area contributed by atoms with Crippen molar-refractivity contribution in [2.24, 2.45) is 5.92 Å². The molecule has 57 heavy (non-hydrogen) atoms. The number of amides is 3. The summed E-state index contributed by atoms with van der Waals surface area (Å²) < 4.78 is 18.1. The molecule has 0 bridgehead atoms. The number of halogens is 2. The molecule has 4 aliphatic rings. The average molecular weight is 832 g/mol. The van der Waals surface area contributed by atoms with E-state index in [9.17, 15) is 24.6 Å². The second-order valence-corrected chi connectivity index (χ2v) is 16.6. The third-order valence-electron chi connectivity index (χ3n) is 11.4. The normalized spacial score (nSPS) is 24.6. The van der Waals surface area contributed by atoms with Crippen molar-refractivity contribution in [2.75, 3.05) is 54.8 Å². The third kappa shape index (κ3) is 6.68. The molecule has 1 aliphatic carbocycles. The van der Waals surface area contributed by atoms with Crippen LogP contribution in [0.1, 0.15) is 48.7 Å². The lowest BCUT2D eigenvalue weighted by Gasteiger charge is -2.32. The van der Waals surface area contributed by atoms with Crippen LogP contribution in [0.15, 0.2) is 72.8 Å². The maximum absolute atomic E-state index is 14.4. The molecule has 7 atom stereocenters. The van der Waals surface area contributed by atoms with Gasteiger partial charge in [-0.2, -0.15) is 0 Å². The second-order valence-electron chi connectivity index (χ2n) is 14.9. The minimum Gasteiger partial charge on any atom is -0.461 e. The Balaban J connectivity index is 1.02. The molecular formula is C42H40Cl2N4O8S. The number of carbonyl (C=O) groups is 3. The zero-order valence-electron chi connectivity index (χ0n) is 30.8. The minimum atomic E-state index is -1.23. The highest BCUT2D eigenvalue weighted by Crippen LogP contribution is 2.49. The number of anilines is 2. The number of aliphatic hydroxyl groups is 2. The Morgan fingerprint density at radius 2 is 1.33 bits per heavy atom. The second kappa shape index (κ2) is 15.4. The third-order valence-corrected chi connectivity index (χ3v) is 13.2. The number of benzene rings is 4. The molecule has 1 aromatic heterocycles. The van der Waals surface area contributed by atoms with Gasteiger partial charge in [-0.1, -0.05) is 48.5 Å². The quantitative estimate of drug-likeness (QED) is 0.0958. The lowest BCUT2D eigenvalue weighted by molar-refractivity contribution is -0.211. The molecule has 4 aromatic carbocycles. The van der Waals surface area contributed by atoms with Gasteiger partial charge in [0.25, 0.3) is 11.8 Å². The van der Waals surface area contributed by atoms with E-state index in [0.29, 0.717) is 65.2 Å². The van der Waals surface area contributed by atoms with Crippen molar-refractivity contribution in [1.82, 2.24) is 10.6 Å². The largest absolute Gasteiger partial charge is 0.461 e. The highest BCUT2D eigenvalue weighted by atomic mass is 35.5. The molecule has 0 spiro atoms. The van der Waals surface area contributed by atoms with E-state index < -0.39 is 24.6 Å². The lowest BCUT2D eigenvalue weighted by Crippen LogP contribution is -2.48. The van der Waals surface area contributed by atoms with E-state index in [-0.39, 0.29) is 47.4 Å². The molecule has 296 valence electrons. The smallest absolute Gasteiger partial charge is 0.412 e. The average Bonchev–Trinajstić information content (AvgIpc) is 3.52. The number of likely N-dealkylation sites (N-methyl/N-ethyl adjacent to an activating group) is 1. The molecule has 3 unspecified atom stereocenters. The Morgan fingerprint density at radius 1 is 0.789 bits per heavy atom. The molecule has 4 heterocycles. The molecule has 2 fully saturated rings. The van der Waals surface area contributed by atoms with E-state index in [1.165, 1.54) is 0 Å². The number of hydrogen-bond acceptors (Lipinski definition) is 10. The number of carbonyl (C=O) groups excluding carboxylic acids is 3. The summed E-state index contributed by atoms with van der Waals surface area (Å²) in [5.41, 5.74) is 3.01. The van der Waals surface area contributed by atoms with Crippen molar-refractivity contribution in [1.29, 1.82) is 0 Å². The SMILES string of the molecule is CNCCNC(=O)Oc1cc2c(c3ccccc13)[C@H](CCl)CN2C(=O)c1ccc(C(=O)N2C[C@@H](CCl)c3c2cc(O[C@@H]2OC4CC4C(O)[C@@H]2O)c2ccccc32)s1. The monoisotopic (exact) mass is 830 g/mol. The van der Waals surface area contributed by atoms with Gasteiger partial charge in [-0.05, 0) is 47.5 Å². The van der Waals surface area contributed by atoms with Crippen LogP contribution in [0.5, 0.6) is 11.5 Å². The number of nitrogens with zero attached hydrogens (tertiary/aromatic N) is 2. The van der Waals surface area contributed by atoms with Gasteiger partial charge in [0.05, 0.1) is 33.3 Å². The van der Waals surface area contributed by atoms with Gasteiger partial charge < -0.3 is 44.9 Å². The van der Waals surface area contributed by atoms with Gasteiger partial charge in [0.1, 0.15) is 17.6 Å². The Hall–Kier alpha value is -4.47. The van der Waals surface area contributed by atoms with E-state index in [4.69, 9.17) is 37.4 Å². The van der Waals surface area contributed by atoms with Gasteiger partial charge in [-0.25, -0.2) is 4.79 Å². The van der Waals surface area contributed by atoms with Crippen LogP contribution >= 0.6 is 34.5 Å². The fraction of sp³-hybridized carbons (Fsp3) is 0.357. The van der Waals surface area contributed by atoms with E-state index in [1.807, 2.05) is 48.5 Å². The van der Waals surface area contributed by atoms with Crippen LogP contribution in [0.3, 0.4) is 0 Å². The first-order chi connectivity index (χ1) is 27.7. The van der Waals surface area contributed by atoms with Crippen molar-refractivity contribution in [2.45, 2.75) is 42.9 Å². The fourth-order valence-electron chi connectivity index (χ4n) is 8.50. The van der Waals surface area contributed by atoms with Crippen LogP contribution in [0.25, 0.3) is 21.5 Å². The topological polar surface area (TPSA) is 150 Å². The van der Waals surface area contributed by atoms with Gasteiger partial charge in [0.2, 0.25) is 6.29 Å². The van der Waals surface area contributed by atoms with Crippen LogP contribution in [0.2, 0.25) is 0 Å². The molecule has 4 N–H and O–H groups in total. The van der Waals surface area contributed by atoms with E-state index in [2.05, 4.69) is 10.6 Å². The van der Waals surface area contributed by atoms with Gasteiger partial charge in [-0.15, -0.1) is 34.5 Å². The minimum absolute atomic E-state index is 0.100. The zero-order chi connectivity index (χ0) is 39.5. The molecule has 9 rings (SSSR count). The number of aliphatic hydroxyl groups excluding tert-OH is 2. The maximum Gasteiger partial charge on any atom is 0.412 e. The number of nitrogens with one attached hydrogen (secondary N) is 2. The summed E-state index contributed by atoms with van der Waals surface area (Å²) in [6.45, 7) is 1.57. The van der Waals surface area contributed by atoms with E-state index in [1.54, 1.807) is 41.1 Å². The summed E-state index contributed by atoms with van der Waals surface area (Å²) >= 11 is 14.2. The van der Waals surface area contributed by atoms with Crippen molar-refractivity contribution >= 4 is 85.4 Å². The molecule has 15 heteroatoms. The molecular weight excluding hydrogens is 791 g/mol. The first-order valence-corrected chi connectivity index (χ1v) is 20.8. The Kier molecular flexibility index (Phi) is 10.3. The van der Waals surface area contributed by atoms with Crippen molar-refractivity contribution < 1.29 is 38.8 Å². The molecule has 5 aromatic rings. The number of thiophene rings is 1. The van der Waals surface area contributed by atoms with Crippen LogP contribution in [-0.2, 0) is 4.74 Å². The molecule has 3 amide bonds. The standard InChI is InChI=1S/C42H40Cl2N4O8S/c1-45-12-13-46-42(53)56-32-16-29-36(26-9-5-3-7-24(26)32)22(18-44)20-48(29)40(52)34-11-10-33(57-34)39(51)47-19-21(17-43)35-25-8-4-2-6-23(25)31(15-28(35)47)55-41-38(50)37(49)27-14-30(27)54-41/h2-11,15-16,21-22,27,30,37-38,41,45,49-50H,12-14,17-20H2,1H3,(H,46,53)/t21-,22-,27?,30?,37?,38+,41+/m1/s1. The maximum atomic E-state index is 14.4. The van der Waals surface area contributed by atoms with Gasteiger partial charge in [0.15, 0.2) is 0 Å². The number of alkyl halides is 2. The Bertz CT molecular complexity index is 2410. The predicted octanol–water partition coefficient (Wildman–Crippen LogP) is 6.17. The molecule has 3 aliphatic heterocycles. The lowest BCUT2D eigenvalue weighted by atomic mass is 9.95. The first kappa shape index (κ1) is 38.1. The Labute approximate surface area is 342 Å². The number of ether oxygens (including phenoxy) is 3. The summed E-state index contributed by atoms with van der Waals surface area (Å²) in [7, 11) is 1.79. The van der Waals surface area contributed by atoms with Crippen molar-refractivity contribution in [3.63, 3.8) is 0 Å². The van der Waals surface area contributed by atoms with Crippen LogP contribution in [0, 0.1) is 5.92 Å². The van der Waals surface area contributed by atoms with Crippen molar-refractivity contribution in [3.8, 4) is 11.5 Å². The molecule has 12 nitrogen and oxygen atoms in total.